The zero-order valence-electron chi connectivity index (χ0n) is 8.18. The molecule has 2 fully saturated rings. The molecule has 2 aliphatic rings. The van der Waals surface area contributed by atoms with Crippen LogP contribution in [0.1, 0.15) is 45.4 Å². The Morgan fingerprint density at radius 2 is 2.17 bits per heavy atom. The molecule has 2 saturated carbocycles. The van der Waals surface area contributed by atoms with E-state index in [9.17, 15) is 0 Å². The van der Waals surface area contributed by atoms with Gasteiger partial charge in [-0.25, -0.2) is 0 Å². The number of fused-ring (bicyclic) bond motifs is 2. The van der Waals surface area contributed by atoms with Gasteiger partial charge in [0.2, 0.25) is 0 Å². The summed E-state index contributed by atoms with van der Waals surface area (Å²) in [5, 5.41) is 3.71. The van der Waals surface area contributed by atoms with E-state index in [1.165, 1.54) is 45.1 Å². The molecule has 2 bridgehead atoms. The van der Waals surface area contributed by atoms with Crippen molar-refractivity contribution in [2.45, 2.75) is 51.5 Å². The zero-order chi connectivity index (χ0) is 8.39. The lowest BCUT2D eigenvalue weighted by Gasteiger charge is -2.22. The van der Waals surface area contributed by atoms with E-state index in [-0.39, 0.29) is 0 Å². The Labute approximate surface area is 75.9 Å². The first-order chi connectivity index (χ1) is 5.90. The summed E-state index contributed by atoms with van der Waals surface area (Å²) in [7, 11) is 0. The molecule has 0 unspecified atom stereocenters. The number of unbranched alkanes of at least 4 members (excludes halogenated alkanes) is 1. The van der Waals surface area contributed by atoms with Crippen molar-refractivity contribution in [1.29, 1.82) is 0 Å². The van der Waals surface area contributed by atoms with Crippen LogP contribution in [0, 0.1) is 11.8 Å². The largest absolute Gasteiger partial charge is 0.314 e. The van der Waals surface area contributed by atoms with Crippen LogP contribution in [0.2, 0.25) is 0 Å². The highest BCUT2D eigenvalue weighted by Crippen LogP contribution is 2.44. The fourth-order valence-electron chi connectivity index (χ4n) is 2.96. The van der Waals surface area contributed by atoms with Gasteiger partial charge in [-0.1, -0.05) is 19.8 Å². The first kappa shape index (κ1) is 8.55. The molecular formula is C11H21N. The smallest absolute Gasteiger partial charge is 0.00980 e. The van der Waals surface area contributed by atoms with E-state index < -0.39 is 0 Å². The van der Waals surface area contributed by atoms with Gasteiger partial charge in [0, 0.05) is 6.04 Å². The van der Waals surface area contributed by atoms with Crippen LogP contribution in [0.5, 0.6) is 0 Å². The Hall–Kier alpha value is -0.0400. The quantitative estimate of drug-likeness (QED) is 0.635. The van der Waals surface area contributed by atoms with E-state index in [4.69, 9.17) is 0 Å². The minimum absolute atomic E-state index is 0.898. The van der Waals surface area contributed by atoms with Crippen molar-refractivity contribution < 1.29 is 0 Å². The molecule has 3 atom stereocenters. The molecule has 1 nitrogen and oxygen atoms in total. The van der Waals surface area contributed by atoms with Gasteiger partial charge in [-0.2, -0.15) is 0 Å². The Kier molecular flexibility index (Phi) is 2.69. The van der Waals surface area contributed by atoms with Crippen molar-refractivity contribution in [2.75, 3.05) is 6.54 Å². The number of rotatable bonds is 4. The monoisotopic (exact) mass is 167 g/mol. The molecule has 2 aliphatic carbocycles. The molecule has 12 heavy (non-hydrogen) atoms. The van der Waals surface area contributed by atoms with Gasteiger partial charge in [-0.05, 0) is 44.1 Å². The van der Waals surface area contributed by atoms with Gasteiger partial charge in [0.15, 0.2) is 0 Å². The summed E-state index contributed by atoms with van der Waals surface area (Å²) in [4.78, 5) is 0. The molecule has 0 radical (unpaired) electrons. The molecule has 2 rings (SSSR count). The van der Waals surface area contributed by atoms with Gasteiger partial charge in [0.05, 0.1) is 0 Å². The molecule has 1 heteroatoms. The lowest BCUT2D eigenvalue weighted by Crippen LogP contribution is -2.34. The summed E-state index contributed by atoms with van der Waals surface area (Å²) in [5.74, 6) is 2.14. The summed E-state index contributed by atoms with van der Waals surface area (Å²) < 4.78 is 0. The van der Waals surface area contributed by atoms with Crippen LogP contribution in [0.25, 0.3) is 0 Å². The molecule has 0 aliphatic heterocycles. The number of hydrogen-bond donors (Lipinski definition) is 1. The predicted molar refractivity (Wildman–Crippen MR) is 52.1 cm³/mol. The van der Waals surface area contributed by atoms with Crippen molar-refractivity contribution in [3.05, 3.63) is 0 Å². The minimum Gasteiger partial charge on any atom is -0.314 e. The van der Waals surface area contributed by atoms with Crippen LogP contribution in [-0.2, 0) is 0 Å². The average Bonchev–Trinajstić information content (AvgIpc) is 2.65. The molecule has 0 spiro atoms. The van der Waals surface area contributed by atoms with Crippen LogP contribution < -0.4 is 5.32 Å². The fraction of sp³-hybridized carbons (Fsp3) is 1.00. The Morgan fingerprint density at radius 3 is 2.75 bits per heavy atom. The first-order valence-electron chi connectivity index (χ1n) is 5.63. The van der Waals surface area contributed by atoms with Gasteiger partial charge in [-0.15, -0.1) is 0 Å². The lowest BCUT2D eigenvalue weighted by atomic mass is 9.95. The van der Waals surface area contributed by atoms with Crippen molar-refractivity contribution in [3.63, 3.8) is 0 Å². The van der Waals surface area contributed by atoms with Crippen molar-refractivity contribution >= 4 is 0 Å². The van der Waals surface area contributed by atoms with Gasteiger partial charge in [0.1, 0.15) is 0 Å². The highest BCUT2D eigenvalue weighted by molar-refractivity contribution is 4.93. The maximum absolute atomic E-state index is 3.71. The fourth-order valence-corrected chi connectivity index (χ4v) is 2.96. The van der Waals surface area contributed by atoms with Crippen LogP contribution in [0.4, 0.5) is 0 Å². The molecular weight excluding hydrogens is 146 g/mol. The average molecular weight is 167 g/mol. The van der Waals surface area contributed by atoms with Gasteiger partial charge in [0.25, 0.3) is 0 Å². The molecule has 1 N–H and O–H groups in total. The van der Waals surface area contributed by atoms with E-state index in [1.54, 1.807) is 0 Å². The normalized spacial score (nSPS) is 39.2. The second kappa shape index (κ2) is 3.78. The highest BCUT2D eigenvalue weighted by atomic mass is 14.9. The second-order valence-electron chi connectivity index (χ2n) is 4.59. The van der Waals surface area contributed by atoms with Crippen molar-refractivity contribution in [1.82, 2.24) is 5.32 Å². The molecule has 0 aromatic heterocycles. The van der Waals surface area contributed by atoms with Crippen molar-refractivity contribution in [2.24, 2.45) is 11.8 Å². The van der Waals surface area contributed by atoms with Gasteiger partial charge < -0.3 is 5.32 Å². The summed E-state index contributed by atoms with van der Waals surface area (Å²) in [5.41, 5.74) is 0. The van der Waals surface area contributed by atoms with E-state index in [1.807, 2.05) is 0 Å². The van der Waals surface area contributed by atoms with E-state index >= 15 is 0 Å². The van der Waals surface area contributed by atoms with Crippen molar-refractivity contribution in [3.8, 4) is 0 Å². The Morgan fingerprint density at radius 1 is 1.25 bits per heavy atom. The van der Waals surface area contributed by atoms with Gasteiger partial charge >= 0.3 is 0 Å². The first-order valence-corrected chi connectivity index (χ1v) is 5.63. The predicted octanol–water partition coefficient (Wildman–Crippen LogP) is 2.56. The topological polar surface area (TPSA) is 12.0 Å². The number of hydrogen-bond acceptors (Lipinski definition) is 1. The third-order valence-electron chi connectivity index (χ3n) is 3.67. The third kappa shape index (κ3) is 1.66. The second-order valence-corrected chi connectivity index (χ2v) is 4.59. The maximum Gasteiger partial charge on any atom is 0.00980 e. The van der Waals surface area contributed by atoms with Crippen LogP contribution >= 0.6 is 0 Å². The Balaban J connectivity index is 1.69. The van der Waals surface area contributed by atoms with Crippen LogP contribution in [0.3, 0.4) is 0 Å². The molecule has 0 aromatic carbocycles. The summed E-state index contributed by atoms with van der Waals surface area (Å²) in [6.07, 6.45) is 8.73. The molecule has 0 saturated heterocycles. The molecule has 0 heterocycles. The summed E-state index contributed by atoms with van der Waals surface area (Å²) >= 11 is 0. The standard InChI is InChI=1S/C11H21N/c1-2-3-6-12-11-8-9-4-5-10(11)7-9/h9-12H,2-8H2,1H3/t9-,10-,11+/m1/s1. The maximum atomic E-state index is 3.71. The summed E-state index contributed by atoms with van der Waals surface area (Å²) in [6, 6.07) is 0.898. The van der Waals surface area contributed by atoms with Crippen LogP contribution in [0.15, 0.2) is 0 Å². The summed E-state index contributed by atoms with van der Waals surface area (Å²) in [6.45, 7) is 3.52. The third-order valence-corrected chi connectivity index (χ3v) is 3.67. The minimum atomic E-state index is 0.898. The van der Waals surface area contributed by atoms with Gasteiger partial charge in [-0.3, -0.25) is 0 Å². The van der Waals surface area contributed by atoms with E-state index in [0.29, 0.717) is 0 Å². The van der Waals surface area contributed by atoms with Crippen LogP contribution in [-0.4, -0.2) is 12.6 Å². The van der Waals surface area contributed by atoms with E-state index in [2.05, 4.69) is 12.2 Å². The molecule has 70 valence electrons. The zero-order valence-corrected chi connectivity index (χ0v) is 8.18. The Bertz CT molecular complexity index is 144. The SMILES string of the molecule is CCCCN[C@H]1C[C@@H]2CC[C@@H]1C2. The molecule has 0 aromatic rings. The highest BCUT2D eigenvalue weighted by Gasteiger charge is 2.38. The van der Waals surface area contributed by atoms with E-state index in [0.717, 1.165) is 17.9 Å². The number of nitrogens with one attached hydrogen (secondary N) is 1. The lowest BCUT2D eigenvalue weighted by molar-refractivity contribution is 0.350. The molecule has 0 amide bonds.